The van der Waals surface area contributed by atoms with Crippen molar-refractivity contribution in [3.63, 3.8) is 0 Å². The molecule has 6 rings (SSSR count). The van der Waals surface area contributed by atoms with Crippen LogP contribution in [0.4, 0.5) is 5.69 Å². The zero-order chi connectivity index (χ0) is 18.2. The van der Waals surface area contributed by atoms with Crippen molar-refractivity contribution in [3.05, 3.63) is 42.2 Å². The van der Waals surface area contributed by atoms with Gasteiger partial charge in [-0.15, -0.1) is 0 Å². The quantitative estimate of drug-likeness (QED) is 0.835. The largest absolute Gasteiger partial charge is 0.451 e. The SMILES string of the molecule is O=C(c1ccc(-c2ccc(N3CCCC3)cc2)o1)N1CCN2CCC1CC2. The second-order valence-corrected chi connectivity index (χ2v) is 7.98. The molecule has 5 nitrogen and oxygen atoms in total. The summed E-state index contributed by atoms with van der Waals surface area (Å²) in [5, 5.41) is 0. The highest BCUT2D eigenvalue weighted by atomic mass is 16.4. The van der Waals surface area contributed by atoms with E-state index in [-0.39, 0.29) is 5.91 Å². The van der Waals surface area contributed by atoms with Gasteiger partial charge in [0.25, 0.3) is 5.91 Å². The summed E-state index contributed by atoms with van der Waals surface area (Å²) in [7, 11) is 0. The predicted molar refractivity (Wildman–Crippen MR) is 106 cm³/mol. The number of carbonyl (C=O) groups excluding carboxylic acids is 1. The zero-order valence-corrected chi connectivity index (χ0v) is 15.8. The van der Waals surface area contributed by atoms with Gasteiger partial charge in [-0.3, -0.25) is 4.79 Å². The molecular weight excluding hydrogens is 338 g/mol. The van der Waals surface area contributed by atoms with Crippen molar-refractivity contribution in [3.8, 4) is 11.3 Å². The average Bonchev–Trinajstić information content (AvgIpc) is 3.34. The number of carbonyl (C=O) groups is 1. The minimum absolute atomic E-state index is 0.0451. The fourth-order valence-corrected chi connectivity index (χ4v) is 4.72. The maximum absolute atomic E-state index is 13.0. The van der Waals surface area contributed by atoms with Crippen LogP contribution >= 0.6 is 0 Å². The van der Waals surface area contributed by atoms with Crippen molar-refractivity contribution < 1.29 is 9.21 Å². The topological polar surface area (TPSA) is 39.9 Å². The Morgan fingerprint density at radius 1 is 0.852 bits per heavy atom. The van der Waals surface area contributed by atoms with Crippen molar-refractivity contribution >= 4 is 11.6 Å². The fourth-order valence-electron chi connectivity index (χ4n) is 4.72. The summed E-state index contributed by atoms with van der Waals surface area (Å²) in [5.41, 5.74) is 2.30. The van der Waals surface area contributed by atoms with Crippen LogP contribution in [0.5, 0.6) is 0 Å². The van der Waals surface area contributed by atoms with Crippen LogP contribution in [-0.4, -0.2) is 61.0 Å². The van der Waals surface area contributed by atoms with Crippen molar-refractivity contribution in [2.24, 2.45) is 0 Å². The van der Waals surface area contributed by atoms with Gasteiger partial charge < -0.3 is 19.1 Å². The minimum Gasteiger partial charge on any atom is -0.451 e. The molecule has 0 N–H and O–H groups in total. The first kappa shape index (κ1) is 16.9. The Bertz CT molecular complexity index is 799. The molecule has 4 fully saturated rings. The van der Waals surface area contributed by atoms with Crippen LogP contribution in [0.15, 0.2) is 40.8 Å². The number of anilines is 1. The molecule has 5 heterocycles. The maximum atomic E-state index is 13.0. The minimum atomic E-state index is 0.0451. The van der Waals surface area contributed by atoms with Crippen LogP contribution in [0.3, 0.4) is 0 Å². The highest BCUT2D eigenvalue weighted by Gasteiger charge is 2.33. The van der Waals surface area contributed by atoms with Gasteiger partial charge in [0, 0.05) is 56.6 Å². The first-order valence-electron chi connectivity index (χ1n) is 10.3. The van der Waals surface area contributed by atoms with E-state index < -0.39 is 0 Å². The molecule has 4 saturated heterocycles. The molecule has 142 valence electrons. The van der Waals surface area contributed by atoms with Gasteiger partial charge in [0.2, 0.25) is 0 Å². The molecule has 0 saturated carbocycles. The molecule has 4 aliphatic heterocycles. The van der Waals surface area contributed by atoms with Gasteiger partial charge in [-0.2, -0.15) is 0 Å². The van der Waals surface area contributed by atoms with Crippen LogP contribution in [0.2, 0.25) is 0 Å². The number of nitrogens with zero attached hydrogens (tertiary/aromatic N) is 3. The summed E-state index contributed by atoms with van der Waals surface area (Å²) in [4.78, 5) is 19.9. The number of benzene rings is 1. The molecule has 27 heavy (non-hydrogen) atoms. The van der Waals surface area contributed by atoms with Gasteiger partial charge >= 0.3 is 0 Å². The molecule has 5 heteroatoms. The monoisotopic (exact) mass is 365 g/mol. The number of furan rings is 1. The van der Waals surface area contributed by atoms with E-state index in [0.717, 1.165) is 63.4 Å². The van der Waals surface area contributed by atoms with E-state index in [9.17, 15) is 4.79 Å². The molecule has 2 aromatic rings. The summed E-state index contributed by atoms with van der Waals surface area (Å²) in [5.74, 6) is 1.28. The van der Waals surface area contributed by atoms with Crippen LogP contribution in [-0.2, 0) is 0 Å². The zero-order valence-electron chi connectivity index (χ0n) is 15.8. The third-order valence-corrected chi connectivity index (χ3v) is 6.36. The van der Waals surface area contributed by atoms with Crippen molar-refractivity contribution in [2.75, 3.05) is 44.2 Å². The molecule has 0 unspecified atom stereocenters. The van der Waals surface area contributed by atoms with E-state index in [1.54, 1.807) is 0 Å². The van der Waals surface area contributed by atoms with Crippen LogP contribution in [0, 0.1) is 0 Å². The van der Waals surface area contributed by atoms with Gasteiger partial charge in [0.15, 0.2) is 5.76 Å². The highest BCUT2D eigenvalue weighted by Crippen LogP contribution is 2.28. The van der Waals surface area contributed by atoms with E-state index in [4.69, 9.17) is 4.42 Å². The Morgan fingerprint density at radius 3 is 2.33 bits per heavy atom. The second-order valence-electron chi connectivity index (χ2n) is 7.98. The number of hydrogen-bond donors (Lipinski definition) is 0. The summed E-state index contributed by atoms with van der Waals surface area (Å²) in [6.45, 7) is 6.31. The normalized spacial score (nSPS) is 25.0. The summed E-state index contributed by atoms with van der Waals surface area (Å²) < 4.78 is 5.98. The van der Waals surface area contributed by atoms with Gasteiger partial charge in [0.1, 0.15) is 5.76 Å². The molecule has 0 spiro atoms. The van der Waals surface area contributed by atoms with Crippen molar-refractivity contribution in [1.82, 2.24) is 9.80 Å². The van der Waals surface area contributed by atoms with E-state index in [0.29, 0.717) is 11.8 Å². The summed E-state index contributed by atoms with van der Waals surface area (Å²) in [6, 6.07) is 12.6. The van der Waals surface area contributed by atoms with Crippen molar-refractivity contribution in [2.45, 2.75) is 31.7 Å². The van der Waals surface area contributed by atoms with Crippen molar-refractivity contribution in [1.29, 1.82) is 0 Å². The predicted octanol–water partition coefficient (Wildman–Crippen LogP) is 3.47. The van der Waals surface area contributed by atoms with E-state index >= 15 is 0 Å². The number of piperidine rings is 1. The average molecular weight is 365 g/mol. The Balaban J connectivity index is 1.32. The summed E-state index contributed by atoms with van der Waals surface area (Å²) in [6.07, 6.45) is 4.72. The second kappa shape index (κ2) is 7.04. The van der Waals surface area contributed by atoms with Crippen LogP contribution in [0.25, 0.3) is 11.3 Å². The molecule has 4 aliphatic rings. The number of hydrogen-bond acceptors (Lipinski definition) is 4. The number of rotatable bonds is 3. The molecule has 0 radical (unpaired) electrons. The van der Waals surface area contributed by atoms with E-state index in [1.807, 2.05) is 17.0 Å². The summed E-state index contributed by atoms with van der Waals surface area (Å²) >= 11 is 0. The maximum Gasteiger partial charge on any atom is 0.289 e. The molecule has 0 atom stereocenters. The lowest BCUT2D eigenvalue weighted by Crippen LogP contribution is -2.41. The molecule has 2 bridgehead atoms. The first-order chi connectivity index (χ1) is 13.3. The Morgan fingerprint density at radius 2 is 1.59 bits per heavy atom. The Kier molecular flexibility index (Phi) is 4.40. The third kappa shape index (κ3) is 3.25. The molecule has 1 aromatic carbocycles. The number of fused-ring (bicyclic) bond motifs is 4. The Labute approximate surface area is 160 Å². The molecular formula is C22H27N3O2. The lowest BCUT2D eigenvalue weighted by atomic mass is 10.1. The van der Waals surface area contributed by atoms with Gasteiger partial charge in [0.05, 0.1) is 0 Å². The lowest BCUT2D eigenvalue weighted by molar-refractivity contribution is 0.0653. The first-order valence-corrected chi connectivity index (χ1v) is 10.3. The van der Waals surface area contributed by atoms with Crippen LogP contribution < -0.4 is 4.90 Å². The fraction of sp³-hybridized carbons (Fsp3) is 0.500. The Hall–Kier alpha value is -2.27. The lowest BCUT2D eigenvalue weighted by Gasteiger charge is -2.30. The molecule has 1 amide bonds. The standard InChI is InChI=1S/C22H27N3O2/c26-22(25-16-15-23-13-9-19(25)10-14-23)21-8-7-20(27-21)17-3-5-18(6-4-17)24-11-1-2-12-24/h3-8,19H,1-2,9-16H2. The smallest absolute Gasteiger partial charge is 0.289 e. The van der Waals surface area contributed by atoms with Gasteiger partial charge in [-0.05, 0) is 62.1 Å². The third-order valence-electron chi connectivity index (χ3n) is 6.36. The van der Waals surface area contributed by atoms with E-state index in [2.05, 4.69) is 34.1 Å². The van der Waals surface area contributed by atoms with Gasteiger partial charge in [-0.25, -0.2) is 0 Å². The number of amides is 1. The van der Waals surface area contributed by atoms with E-state index in [1.165, 1.54) is 18.5 Å². The highest BCUT2D eigenvalue weighted by molar-refractivity contribution is 5.92. The molecule has 0 aliphatic carbocycles. The van der Waals surface area contributed by atoms with Crippen LogP contribution in [0.1, 0.15) is 36.2 Å². The van der Waals surface area contributed by atoms with Gasteiger partial charge in [-0.1, -0.05) is 0 Å². The molecule has 1 aromatic heterocycles.